The van der Waals surface area contributed by atoms with Crippen molar-refractivity contribution < 1.29 is 13.9 Å². The molecule has 94 valence electrons. The fourth-order valence-corrected chi connectivity index (χ4v) is 2.18. The number of aromatic nitrogens is 1. The fraction of sp³-hybridized carbons (Fsp3) is 0.167. The molecule has 0 spiro atoms. The molecule has 0 unspecified atom stereocenters. The zero-order valence-corrected chi connectivity index (χ0v) is 10.6. The summed E-state index contributed by atoms with van der Waals surface area (Å²) in [6.45, 7) is 0. The summed E-state index contributed by atoms with van der Waals surface area (Å²) >= 11 is 1.51. The quantitative estimate of drug-likeness (QED) is 0.674. The second kappa shape index (κ2) is 5.59. The van der Waals surface area contributed by atoms with E-state index in [1.165, 1.54) is 25.1 Å². The zero-order chi connectivity index (χ0) is 13.0. The van der Waals surface area contributed by atoms with Gasteiger partial charge in [-0.3, -0.25) is 0 Å². The molecule has 2 aromatic heterocycles. The molecule has 2 aromatic rings. The van der Waals surface area contributed by atoms with Gasteiger partial charge in [0.15, 0.2) is 0 Å². The van der Waals surface area contributed by atoms with E-state index < -0.39 is 5.97 Å². The number of nitrogens with two attached hydrogens (primary N) is 1. The van der Waals surface area contributed by atoms with Crippen molar-refractivity contribution in [1.82, 2.24) is 4.98 Å². The number of anilines is 1. The smallest absolute Gasteiger partial charge is 0.341 e. The van der Waals surface area contributed by atoms with E-state index in [0.717, 1.165) is 4.90 Å². The van der Waals surface area contributed by atoms with Crippen LogP contribution in [0.1, 0.15) is 16.1 Å². The zero-order valence-electron chi connectivity index (χ0n) is 9.75. The third kappa shape index (κ3) is 2.84. The number of furan rings is 1. The molecule has 0 aliphatic rings. The Kier molecular flexibility index (Phi) is 3.88. The minimum Gasteiger partial charge on any atom is -0.468 e. The molecule has 0 saturated carbocycles. The summed E-state index contributed by atoms with van der Waals surface area (Å²) in [4.78, 5) is 16.4. The van der Waals surface area contributed by atoms with Crippen LogP contribution < -0.4 is 5.73 Å². The molecule has 0 aromatic carbocycles. The van der Waals surface area contributed by atoms with Crippen LogP contribution in [0.2, 0.25) is 0 Å². The van der Waals surface area contributed by atoms with Crippen LogP contribution in [-0.4, -0.2) is 18.1 Å². The number of hydrogen-bond acceptors (Lipinski definition) is 6. The van der Waals surface area contributed by atoms with E-state index in [4.69, 9.17) is 10.2 Å². The molecular formula is C12H12N2O3S. The second-order valence-corrected chi connectivity index (χ2v) is 4.51. The first-order valence-corrected chi connectivity index (χ1v) is 6.18. The summed E-state index contributed by atoms with van der Waals surface area (Å²) in [5.41, 5.74) is 5.95. The summed E-state index contributed by atoms with van der Waals surface area (Å²) in [6, 6.07) is 5.20. The van der Waals surface area contributed by atoms with Gasteiger partial charge in [0.2, 0.25) is 0 Å². The number of methoxy groups -OCH3 is 1. The number of ether oxygens (including phenoxy) is 1. The molecule has 2 heterocycles. The van der Waals surface area contributed by atoms with Gasteiger partial charge in [0.25, 0.3) is 0 Å². The van der Waals surface area contributed by atoms with Gasteiger partial charge in [-0.1, -0.05) is 0 Å². The van der Waals surface area contributed by atoms with Crippen LogP contribution in [0.15, 0.2) is 40.0 Å². The number of rotatable bonds is 4. The number of pyridine rings is 1. The highest BCUT2D eigenvalue weighted by molar-refractivity contribution is 7.98. The van der Waals surface area contributed by atoms with E-state index in [0.29, 0.717) is 22.9 Å². The molecule has 2 rings (SSSR count). The molecule has 0 bridgehead atoms. The van der Waals surface area contributed by atoms with Gasteiger partial charge < -0.3 is 14.9 Å². The predicted octanol–water partition coefficient (Wildman–Crippen LogP) is 2.34. The normalized spacial score (nSPS) is 10.3. The van der Waals surface area contributed by atoms with Crippen molar-refractivity contribution in [2.75, 3.05) is 12.8 Å². The maximum Gasteiger partial charge on any atom is 0.341 e. The van der Waals surface area contributed by atoms with Gasteiger partial charge >= 0.3 is 5.97 Å². The Morgan fingerprint density at radius 1 is 1.50 bits per heavy atom. The maximum absolute atomic E-state index is 11.4. The third-order valence-electron chi connectivity index (χ3n) is 2.28. The van der Waals surface area contributed by atoms with Gasteiger partial charge in [-0.05, 0) is 18.2 Å². The van der Waals surface area contributed by atoms with E-state index in [1.54, 1.807) is 18.3 Å². The molecule has 6 heteroatoms. The van der Waals surface area contributed by atoms with Crippen LogP contribution in [0, 0.1) is 0 Å². The van der Waals surface area contributed by atoms with Crippen LogP contribution >= 0.6 is 11.8 Å². The van der Waals surface area contributed by atoms with E-state index >= 15 is 0 Å². The first-order valence-electron chi connectivity index (χ1n) is 5.19. The molecule has 18 heavy (non-hydrogen) atoms. The fourth-order valence-electron chi connectivity index (χ4n) is 1.37. The SMILES string of the molecule is COC(=O)c1ccoc1CSc1ccc(N)nc1. The number of esters is 1. The minimum absolute atomic E-state index is 0.394. The van der Waals surface area contributed by atoms with Crippen molar-refractivity contribution in [3.63, 3.8) is 0 Å². The Morgan fingerprint density at radius 3 is 3.00 bits per heavy atom. The molecule has 0 radical (unpaired) electrons. The van der Waals surface area contributed by atoms with Crippen LogP contribution in [0.3, 0.4) is 0 Å². The van der Waals surface area contributed by atoms with Gasteiger partial charge in [0.05, 0.1) is 19.1 Å². The average Bonchev–Trinajstić information content (AvgIpc) is 2.85. The maximum atomic E-state index is 11.4. The lowest BCUT2D eigenvalue weighted by Crippen LogP contribution is -2.02. The second-order valence-electron chi connectivity index (χ2n) is 3.46. The lowest BCUT2D eigenvalue weighted by Gasteiger charge is -2.02. The van der Waals surface area contributed by atoms with Crippen molar-refractivity contribution in [3.05, 3.63) is 42.0 Å². The number of carbonyl (C=O) groups is 1. The largest absolute Gasteiger partial charge is 0.468 e. The summed E-state index contributed by atoms with van der Waals surface area (Å²) < 4.78 is 9.93. The lowest BCUT2D eigenvalue weighted by molar-refractivity contribution is 0.0598. The number of nitrogens with zero attached hydrogens (tertiary/aromatic N) is 1. The first-order chi connectivity index (χ1) is 8.70. The van der Waals surface area contributed by atoms with Crippen LogP contribution in [0.25, 0.3) is 0 Å². The highest BCUT2D eigenvalue weighted by Crippen LogP contribution is 2.25. The molecule has 0 fully saturated rings. The van der Waals surface area contributed by atoms with Crippen molar-refractivity contribution in [3.8, 4) is 0 Å². The van der Waals surface area contributed by atoms with Crippen LogP contribution in [0.5, 0.6) is 0 Å². The monoisotopic (exact) mass is 264 g/mol. The van der Waals surface area contributed by atoms with Crippen LogP contribution in [-0.2, 0) is 10.5 Å². The highest BCUT2D eigenvalue weighted by Gasteiger charge is 2.14. The Bertz CT molecular complexity index is 537. The number of thioether (sulfide) groups is 1. The molecule has 0 saturated heterocycles. The van der Waals surface area contributed by atoms with E-state index in [-0.39, 0.29) is 0 Å². The van der Waals surface area contributed by atoms with Crippen molar-refractivity contribution in [2.24, 2.45) is 0 Å². The predicted molar refractivity (Wildman–Crippen MR) is 68.3 cm³/mol. The lowest BCUT2D eigenvalue weighted by atomic mass is 10.3. The van der Waals surface area contributed by atoms with Gasteiger partial charge in [-0.25, -0.2) is 9.78 Å². The Morgan fingerprint density at radius 2 is 2.33 bits per heavy atom. The molecule has 0 aliphatic heterocycles. The van der Waals surface area contributed by atoms with Gasteiger partial charge in [-0.15, -0.1) is 11.8 Å². The number of hydrogen-bond donors (Lipinski definition) is 1. The molecule has 5 nitrogen and oxygen atoms in total. The minimum atomic E-state index is -0.394. The topological polar surface area (TPSA) is 78.3 Å². The standard InChI is InChI=1S/C12H12N2O3S/c1-16-12(15)9-4-5-17-10(9)7-18-8-2-3-11(13)14-6-8/h2-6H,7H2,1H3,(H2,13,14). The summed E-state index contributed by atoms with van der Waals surface area (Å²) in [5, 5.41) is 0. The first kappa shape index (κ1) is 12.5. The summed E-state index contributed by atoms with van der Waals surface area (Å²) in [6.07, 6.45) is 3.16. The summed E-state index contributed by atoms with van der Waals surface area (Å²) in [7, 11) is 1.34. The van der Waals surface area contributed by atoms with Crippen LogP contribution in [0.4, 0.5) is 5.82 Å². The Labute approximate surface area is 108 Å². The summed E-state index contributed by atoms with van der Waals surface area (Å²) in [5.74, 6) is 1.20. The molecule has 2 N–H and O–H groups in total. The van der Waals surface area contributed by atoms with Gasteiger partial charge in [-0.2, -0.15) is 0 Å². The highest BCUT2D eigenvalue weighted by atomic mass is 32.2. The average molecular weight is 264 g/mol. The molecule has 0 aliphatic carbocycles. The Balaban J connectivity index is 2.04. The molecule has 0 amide bonds. The number of carbonyl (C=O) groups excluding carboxylic acids is 1. The molecular weight excluding hydrogens is 252 g/mol. The number of nitrogen functional groups attached to an aromatic ring is 1. The van der Waals surface area contributed by atoms with Crippen molar-refractivity contribution in [2.45, 2.75) is 10.6 Å². The Hall–Kier alpha value is -1.95. The van der Waals surface area contributed by atoms with Crippen molar-refractivity contribution >= 4 is 23.5 Å². The third-order valence-corrected chi connectivity index (χ3v) is 3.26. The van der Waals surface area contributed by atoms with E-state index in [1.807, 2.05) is 6.07 Å². The van der Waals surface area contributed by atoms with E-state index in [2.05, 4.69) is 9.72 Å². The van der Waals surface area contributed by atoms with Gasteiger partial charge in [0, 0.05) is 11.1 Å². The van der Waals surface area contributed by atoms with E-state index in [9.17, 15) is 4.79 Å². The molecule has 0 atom stereocenters. The van der Waals surface area contributed by atoms with Crippen molar-refractivity contribution in [1.29, 1.82) is 0 Å². The van der Waals surface area contributed by atoms with Gasteiger partial charge in [0.1, 0.15) is 17.1 Å².